The highest BCUT2D eigenvalue weighted by atomic mass is 14.7. The van der Waals surface area contributed by atoms with E-state index in [-0.39, 0.29) is 0 Å². The summed E-state index contributed by atoms with van der Waals surface area (Å²) in [5, 5.41) is 9.28. The highest BCUT2D eigenvalue weighted by Gasteiger charge is 2.06. The summed E-state index contributed by atoms with van der Waals surface area (Å²) in [6.07, 6.45) is 0. The summed E-state index contributed by atoms with van der Waals surface area (Å²) >= 11 is 0. The molecule has 0 saturated heterocycles. The molecular formula is C16H12N2. The number of fused-ring (bicyclic) bond motifs is 1. The van der Waals surface area contributed by atoms with E-state index in [1.165, 1.54) is 0 Å². The average Bonchev–Trinajstić information content (AvgIpc) is 2.47. The molecule has 3 rings (SSSR count). The number of aromatic nitrogens is 1. The van der Waals surface area contributed by atoms with Crippen LogP contribution in [0.5, 0.6) is 0 Å². The molecule has 0 fully saturated rings. The molecule has 2 aromatic carbocycles. The Morgan fingerprint density at radius 1 is 0.778 bits per heavy atom. The van der Waals surface area contributed by atoms with Crippen molar-refractivity contribution in [2.75, 3.05) is 0 Å². The minimum absolute atomic E-state index is 0.460. The van der Waals surface area contributed by atoms with E-state index in [0.29, 0.717) is 11.4 Å². The first-order chi connectivity index (χ1) is 8.84. The van der Waals surface area contributed by atoms with Crippen molar-refractivity contribution in [3.63, 3.8) is 0 Å². The lowest BCUT2D eigenvalue weighted by atomic mass is 10.1. The van der Waals surface area contributed by atoms with Crippen molar-refractivity contribution in [3.8, 4) is 0 Å². The molecule has 2 heteroatoms. The molecule has 1 heterocycles. The Morgan fingerprint density at radius 2 is 1.50 bits per heavy atom. The second-order valence-corrected chi connectivity index (χ2v) is 4.13. The molecule has 18 heavy (non-hydrogen) atoms. The maximum Gasteiger partial charge on any atom is 0.0892 e. The van der Waals surface area contributed by atoms with Gasteiger partial charge < -0.3 is 0 Å². The predicted molar refractivity (Wildman–Crippen MR) is 74.1 cm³/mol. The number of nitrogens with one attached hydrogen (secondary N) is 1. The zero-order valence-corrected chi connectivity index (χ0v) is 9.80. The van der Waals surface area contributed by atoms with Crippen molar-refractivity contribution < 1.29 is 0 Å². The zero-order chi connectivity index (χ0) is 12.4. The number of hydrogen-bond acceptors (Lipinski definition) is 2. The summed E-state index contributed by atoms with van der Waals surface area (Å²) in [7, 11) is 0. The minimum atomic E-state index is 0.460. The van der Waals surface area contributed by atoms with E-state index in [0.717, 1.165) is 16.5 Å². The van der Waals surface area contributed by atoms with E-state index in [2.05, 4.69) is 4.98 Å². The molecule has 86 valence electrons. The Bertz CT molecular complexity index is 702. The monoisotopic (exact) mass is 232 g/mol. The van der Waals surface area contributed by atoms with Crippen LogP contribution in [0.2, 0.25) is 0 Å². The number of para-hydroxylation sites is 1. The van der Waals surface area contributed by atoms with Crippen molar-refractivity contribution >= 4 is 16.6 Å². The third-order valence-corrected chi connectivity index (χ3v) is 2.92. The largest absolute Gasteiger partial charge is 0.298 e. The van der Waals surface area contributed by atoms with Gasteiger partial charge >= 0.3 is 0 Å². The van der Waals surface area contributed by atoms with Crippen LogP contribution >= 0.6 is 0 Å². The molecule has 2 nitrogen and oxygen atoms in total. The van der Waals surface area contributed by atoms with Gasteiger partial charge in [-0.15, -0.1) is 0 Å². The van der Waals surface area contributed by atoms with Crippen LogP contribution in [0.4, 0.5) is 0 Å². The first-order valence-corrected chi connectivity index (χ1v) is 5.85. The van der Waals surface area contributed by atoms with Gasteiger partial charge in [-0.1, -0.05) is 54.6 Å². The van der Waals surface area contributed by atoms with Crippen LogP contribution in [0.15, 0.2) is 66.7 Å². The molecule has 1 N–H and O–H groups in total. The van der Waals surface area contributed by atoms with Crippen molar-refractivity contribution in [2.45, 2.75) is 0 Å². The summed E-state index contributed by atoms with van der Waals surface area (Å²) in [6.45, 7) is 0. The molecule has 0 aliphatic rings. The van der Waals surface area contributed by atoms with Gasteiger partial charge in [-0.05, 0) is 12.1 Å². The fraction of sp³-hybridized carbons (Fsp3) is 0. The Kier molecular flexibility index (Phi) is 2.61. The SMILES string of the molecule is N=C(c1ccccc1)c1ccc2ccccc2n1. The number of rotatable bonds is 2. The van der Waals surface area contributed by atoms with Crippen LogP contribution in [-0.4, -0.2) is 10.7 Å². The van der Waals surface area contributed by atoms with Gasteiger partial charge in [-0.3, -0.25) is 5.41 Å². The fourth-order valence-corrected chi connectivity index (χ4v) is 1.96. The second kappa shape index (κ2) is 4.41. The van der Waals surface area contributed by atoms with E-state index in [9.17, 15) is 0 Å². The van der Waals surface area contributed by atoms with Gasteiger partial charge in [0.2, 0.25) is 0 Å². The molecule has 0 unspecified atom stereocenters. The van der Waals surface area contributed by atoms with Gasteiger partial charge in [0.15, 0.2) is 0 Å². The lowest BCUT2D eigenvalue weighted by Gasteiger charge is -2.05. The highest BCUT2D eigenvalue weighted by molar-refractivity contribution is 6.10. The zero-order valence-electron chi connectivity index (χ0n) is 9.80. The number of benzene rings is 2. The van der Waals surface area contributed by atoms with Crippen LogP contribution in [0.1, 0.15) is 11.3 Å². The van der Waals surface area contributed by atoms with E-state index in [1.54, 1.807) is 0 Å². The van der Waals surface area contributed by atoms with Crippen molar-refractivity contribution in [1.82, 2.24) is 4.98 Å². The molecule has 0 aliphatic carbocycles. The lowest BCUT2D eigenvalue weighted by molar-refractivity contribution is 1.33. The molecule has 1 aromatic heterocycles. The standard InChI is InChI=1S/C16H12N2/c17-16(13-7-2-1-3-8-13)15-11-10-12-6-4-5-9-14(12)18-15/h1-11,17H. The van der Waals surface area contributed by atoms with E-state index < -0.39 is 0 Å². The Labute approximate surface area is 105 Å². The maximum absolute atomic E-state index is 8.18. The van der Waals surface area contributed by atoms with Gasteiger partial charge in [0.05, 0.1) is 16.9 Å². The Hall–Kier alpha value is -2.48. The fourth-order valence-electron chi connectivity index (χ4n) is 1.96. The third kappa shape index (κ3) is 1.89. The molecule has 0 spiro atoms. The van der Waals surface area contributed by atoms with E-state index >= 15 is 0 Å². The van der Waals surface area contributed by atoms with Crippen molar-refractivity contribution in [1.29, 1.82) is 5.41 Å². The molecule has 0 radical (unpaired) electrons. The summed E-state index contributed by atoms with van der Waals surface area (Å²) in [4.78, 5) is 4.53. The smallest absolute Gasteiger partial charge is 0.0892 e. The first-order valence-electron chi connectivity index (χ1n) is 5.85. The van der Waals surface area contributed by atoms with Crippen molar-refractivity contribution in [2.24, 2.45) is 0 Å². The molecule has 3 aromatic rings. The maximum atomic E-state index is 8.18. The topological polar surface area (TPSA) is 36.7 Å². The van der Waals surface area contributed by atoms with Crippen molar-refractivity contribution in [3.05, 3.63) is 78.0 Å². The number of pyridine rings is 1. The highest BCUT2D eigenvalue weighted by Crippen LogP contribution is 2.14. The number of hydrogen-bond donors (Lipinski definition) is 1. The van der Waals surface area contributed by atoms with Gasteiger partial charge in [-0.25, -0.2) is 4.98 Å². The van der Waals surface area contributed by atoms with Gasteiger partial charge in [0, 0.05) is 10.9 Å². The van der Waals surface area contributed by atoms with Crippen LogP contribution in [0, 0.1) is 5.41 Å². The Morgan fingerprint density at radius 3 is 2.33 bits per heavy atom. The lowest BCUT2D eigenvalue weighted by Crippen LogP contribution is -2.03. The summed E-state index contributed by atoms with van der Waals surface area (Å²) in [5.74, 6) is 0. The molecule has 0 atom stereocenters. The van der Waals surface area contributed by atoms with Gasteiger partial charge in [0.25, 0.3) is 0 Å². The van der Waals surface area contributed by atoms with E-state index in [1.807, 2.05) is 66.7 Å². The molecular weight excluding hydrogens is 220 g/mol. The number of nitrogens with zero attached hydrogens (tertiary/aromatic N) is 1. The second-order valence-electron chi connectivity index (χ2n) is 4.13. The molecule has 0 amide bonds. The van der Waals surface area contributed by atoms with Crippen LogP contribution < -0.4 is 0 Å². The predicted octanol–water partition coefficient (Wildman–Crippen LogP) is 3.65. The molecule has 0 saturated carbocycles. The summed E-state index contributed by atoms with van der Waals surface area (Å²) in [5.41, 5.74) is 2.98. The quantitative estimate of drug-likeness (QED) is 0.673. The summed E-state index contributed by atoms with van der Waals surface area (Å²) < 4.78 is 0. The minimum Gasteiger partial charge on any atom is -0.298 e. The van der Waals surface area contributed by atoms with Crippen LogP contribution in [0.3, 0.4) is 0 Å². The molecule has 0 aliphatic heterocycles. The van der Waals surface area contributed by atoms with Gasteiger partial charge in [-0.2, -0.15) is 0 Å². The summed E-state index contributed by atoms with van der Waals surface area (Å²) in [6, 6.07) is 21.5. The van der Waals surface area contributed by atoms with Crippen LogP contribution in [-0.2, 0) is 0 Å². The van der Waals surface area contributed by atoms with Gasteiger partial charge in [0.1, 0.15) is 0 Å². The normalized spacial score (nSPS) is 10.4. The van der Waals surface area contributed by atoms with Crippen LogP contribution in [0.25, 0.3) is 10.9 Å². The first kappa shape index (κ1) is 10.7. The third-order valence-electron chi connectivity index (χ3n) is 2.92. The average molecular weight is 232 g/mol. The molecule has 0 bridgehead atoms. The Balaban J connectivity index is 2.07. The van der Waals surface area contributed by atoms with E-state index in [4.69, 9.17) is 5.41 Å².